The average molecular weight is 329 g/mol. The molecule has 0 atom stereocenters. The van der Waals surface area contributed by atoms with Crippen LogP contribution in [0, 0.1) is 5.82 Å². The summed E-state index contributed by atoms with van der Waals surface area (Å²) >= 11 is 4.51. The Labute approximate surface area is 116 Å². The minimum absolute atomic E-state index is 0.00680. The van der Waals surface area contributed by atoms with Crippen LogP contribution in [0.15, 0.2) is 28.1 Å². The maximum atomic E-state index is 13.6. The normalized spacial score (nSPS) is 10.6. The third-order valence-corrected chi connectivity index (χ3v) is 3.74. The van der Waals surface area contributed by atoms with Gasteiger partial charge in [-0.05, 0) is 17.7 Å². The standard InChI is InChI=1S/C12H10BrFN2OS/c13-8-2-1-7(9(14)4-8)3-11(17)10-6-18-12(5-15)16-10/h1-2,4,6H,3,5,15H2. The van der Waals surface area contributed by atoms with Crippen molar-refractivity contribution in [3.63, 3.8) is 0 Å². The minimum Gasteiger partial charge on any atom is -0.325 e. The zero-order chi connectivity index (χ0) is 13.1. The molecule has 0 aliphatic heterocycles. The maximum Gasteiger partial charge on any atom is 0.186 e. The van der Waals surface area contributed by atoms with Crippen molar-refractivity contribution in [2.45, 2.75) is 13.0 Å². The summed E-state index contributed by atoms with van der Waals surface area (Å²) in [5, 5.41) is 2.36. The van der Waals surface area contributed by atoms with E-state index < -0.39 is 5.82 Å². The molecule has 3 nitrogen and oxygen atoms in total. The highest BCUT2D eigenvalue weighted by atomic mass is 79.9. The van der Waals surface area contributed by atoms with Gasteiger partial charge in [0.25, 0.3) is 0 Å². The summed E-state index contributed by atoms with van der Waals surface area (Å²) in [7, 11) is 0. The molecule has 1 heterocycles. The Hall–Kier alpha value is -1.11. The number of nitrogens with two attached hydrogens (primary N) is 1. The quantitative estimate of drug-likeness (QED) is 0.878. The first-order valence-electron chi connectivity index (χ1n) is 5.21. The fraction of sp³-hybridized carbons (Fsp3) is 0.167. The molecule has 0 unspecified atom stereocenters. The summed E-state index contributed by atoms with van der Waals surface area (Å²) < 4.78 is 14.2. The van der Waals surface area contributed by atoms with Crippen LogP contribution in [0.5, 0.6) is 0 Å². The lowest BCUT2D eigenvalue weighted by Crippen LogP contribution is -2.06. The molecule has 0 radical (unpaired) electrons. The van der Waals surface area contributed by atoms with E-state index in [4.69, 9.17) is 5.73 Å². The molecule has 18 heavy (non-hydrogen) atoms. The van der Waals surface area contributed by atoms with Crippen LogP contribution >= 0.6 is 27.3 Å². The number of rotatable bonds is 4. The van der Waals surface area contributed by atoms with Gasteiger partial charge in [0.15, 0.2) is 5.78 Å². The molecule has 0 aliphatic carbocycles. The van der Waals surface area contributed by atoms with Crippen LogP contribution in [0.1, 0.15) is 21.1 Å². The van der Waals surface area contributed by atoms with E-state index in [2.05, 4.69) is 20.9 Å². The van der Waals surface area contributed by atoms with Gasteiger partial charge in [-0.2, -0.15) is 0 Å². The van der Waals surface area contributed by atoms with Crippen molar-refractivity contribution in [1.82, 2.24) is 4.98 Å². The molecule has 0 fully saturated rings. The molecule has 0 bridgehead atoms. The van der Waals surface area contributed by atoms with Gasteiger partial charge in [0.05, 0.1) is 0 Å². The van der Waals surface area contributed by atoms with Crippen molar-refractivity contribution in [1.29, 1.82) is 0 Å². The molecule has 0 saturated heterocycles. The summed E-state index contributed by atoms with van der Waals surface area (Å²) in [5.41, 5.74) is 6.14. The third-order valence-electron chi connectivity index (χ3n) is 2.38. The number of hydrogen-bond donors (Lipinski definition) is 1. The highest BCUT2D eigenvalue weighted by molar-refractivity contribution is 9.10. The van der Waals surface area contributed by atoms with Gasteiger partial charge in [-0.25, -0.2) is 9.37 Å². The molecule has 1 aromatic carbocycles. The Morgan fingerprint density at radius 2 is 2.28 bits per heavy atom. The summed E-state index contributed by atoms with van der Waals surface area (Å²) in [6, 6.07) is 4.64. The first kappa shape index (κ1) is 13.3. The summed E-state index contributed by atoms with van der Waals surface area (Å²) in [6.45, 7) is 0.310. The fourth-order valence-electron chi connectivity index (χ4n) is 1.46. The number of carbonyl (C=O) groups is 1. The number of Topliss-reactive ketones (excluding diaryl/α,β-unsaturated/α-hetero) is 1. The average Bonchev–Trinajstić information content (AvgIpc) is 2.81. The summed E-state index contributed by atoms with van der Waals surface area (Å²) in [6.07, 6.45) is 0.00680. The first-order chi connectivity index (χ1) is 8.60. The number of hydrogen-bond acceptors (Lipinski definition) is 4. The number of thiazole rings is 1. The van der Waals surface area contributed by atoms with Crippen molar-refractivity contribution in [3.05, 3.63) is 50.1 Å². The van der Waals surface area contributed by atoms with E-state index in [0.29, 0.717) is 27.3 Å². The van der Waals surface area contributed by atoms with Crippen LogP contribution in [0.3, 0.4) is 0 Å². The third kappa shape index (κ3) is 3.01. The lowest BCUT2D eigenvalue weighted by atomic mass is 10.1. The van der Waals surface area contributed by atoms with Crippen LogP contribution in [0.2, 0.25) is 0 Å². The van der Waals surface area contributed by atoms with E-state index in [9.17, 15) is 9.18 Å². The lowest BCUT2D eigenvalue weighted by Gasteiger charge is -2.01. The fourth-order valence-corrected chi connectivity index (χ4v) is 2.47. The van der Waals surface area contributed by atoms with E-state index in [1.54, 1.807) is 17.5 Å². The summed E-state index contributed by atoms with van der Waals surface area (Å²) in [5.74, 6) is -0.598. The van der Waals surface area contributed by atoms with Crippen LogP contribution in [-0.4, -0.2) is 10.8 Å². The van der Waals surface area contributed by atoms with Crippen molar-refractivity contribution in [2.24, 2.45) is 5.73 Å². The lowest BCUT2D eigenvalue weighted by molar-refractivity contribution is 0.0987. The zero-order valence-electron chi connectivity index (χ0n) is 9.32. The highest BCUT2D eigenvalue weighted by Crippen LogP contribution is 2.18. The van der Waals surface area contributed by atoms with Crippen molar-refractivity contribution < 1.29 is 9.18 Å². The van der Waals surface area contributed by atoms with Crippen molar-refractivity contribution in [2.75, 3.05) is 0 Å². The minimum atomic E-state index is -0.396. The maximum absolute atomic E-state index is 13.6. The molecule has 0 saturated carbocycles. The number of carbonyl (C=O) groups excluding carboxylic acids is 1. The van der Waals surface area contributed by atoms with Gasteiger partial charge in [0, 0.05) is 22.8 Å². The topological polar surface area (TPSA) is 56.0 Å². The molecular formula is C12H10BrFN2OS. The Morgan fingerprint density at radius 1 is 1.50 bits per heavy atom. The van der Waals surface area contributed by atoms with Crippen LogP contribution < -0.4 is 5.73 Å². The van der Waals surface area contributed by atoms with Crippen LogP contribution in [0.4, 0.5) is 4.39 Å². The van der Waals surface area contributed by atoms with Gasteiger partial charge in [-0.3, -0.25) is 4.79 Å². The van der Waals surface area contributed by atoms with Gasteiger partial charge >= 0.3 is 0 Å². The summed E-state index contributed by atoms with van der Waals surface area (Å²) in [4.78, 5) is 16.0. The molecule has 94 valence electrons. The second-order valence-electron chi connectivity index (χ2n) is 3.67. The number of benzene rings is 1. The molecule has 2 rings (SSSR count). The Kier molecular flexibility index (Phi) is 4.21. The number of nitrogens with zero attached hydrogens (tertiary/aromatic N) is 1. The number of halogens is 2. The van der Waals surface area contributed by atoms with E-state index in [1.165, 1.54) is 17.4 Å². The van der Waals surface area contributed by atoms with Crippen LogP contribution in [-0.2, 0) is 13.0 Å². The molecule has 0 amide bonds. The predicted molar refractivity (Wildman–Crippen MR) is 72.1 cm³/mol. The smallest absolute Gasteiger partial charge is 0.186 e. The molecular weight excluding hydrogens is 319 g/mol. The van der Waals surface area contributed by atoms with Crippen molar-refractivity contribution >= 4 is 33.0 Å². The molecule has 6 heteroatoms. The first-order valence-corrected chi connectivity index (χ1v) is 6.89. The number of aromatic nitrogens is 1. The van der Waals surface area contributed by atoms with Gasteiger partial charge in [0.2, 0.25) is 0 Å². The van der Waals surface area contributed by atoms with E-state index in [1.807, 2.05) is 0 Å². The van der Waals surface area contributed by atoms with Crippen LogP contribution in [0.25, 0.3) is 0 Å². The van der Waals surface area contributed by atoms with Gasteiger partial charge in [0.1, 0.15) is 16.5 Å². The van der Waals surface area contributed by atoms with Gasteiger partial charge < -0.3 is 5.73 Å². The van der Waals surface area contributed by atoms with E-state index >= 15 is 0 Å². The molecule has 2 N–H and O–H groups in total. The molecule has 2 aromatic rings. The Bertz CT molecular complexity index is 585. The van der Waals surface area contributed by atoms with Crippen molar-refractivity contribution in [3.8, 4) is 0 Å². The van der Waals surface area contributed by atoms with E-state index in [0.717, 1.165) is 0 Å². The van der Waals surface area contributed by atoms with Gasteiger partial charge in [-0.15, -0.1) is 11.3 Å². The second kappa shape index (κ2) is 5.69. The monoisotopic (exact) mass is 328 g/mol. The van der Waals surface area contributed by atoms with Gasteiger partial charge in [-0.1, -0.05) is 22.0 Å². The highest BCUT2D eigenvalue weighted by Gasteiger charge is 2.13. The Morgan fingerprint density at radius 3 is 2.89 bits per heavy atom. The zero-order valence-corrected chi connectivity index (χ0v) is 11.7. The second-order valence-corrected chi connectivity index (χ2v) is 5.52. The SMILES string of the molecule is NCc1nc(C(=O)Cc2ccc(Br)cc2F)cs1. The molecule has 0 aliphatic rings. The number of ketones is 1. The molecule has 0 spiro atoms. The van der Waals surface area contributed by atoms with E-state index in [-0.39, 0.29) is 12.2 Å². The largest absolute Gasteiger partial charge is 0.325 e. The molecule has 1 aromatic heterocycles. The Balaban J connectivity index is 2.16. The predicted octanol–water partition coefficient (Wildman–Crippen LogP) is 2.93.